The number of hydrogen-bond acceptors (Lipinski definition) is 5. The highest BCUT2D eigenvalue weighted by Gasteiger charge is 2.38. The molecule has 8 heteroatoms. The van der Waals surface area contributed by atoms with Gasteiger partial charge in [0.2, 0.25) is 0 Å². The number of nitrogens with zero attached hydrogens (tertiary/aromatic N) is 2. The van der Waals surface area contributed by atoms with Crippen LogP contribution in [0, 0.1) is 12.8 Å². The molecule has 0 aliphatic heterocycles. The van der Waals surface area contributed by atoms with Crippen molar-refractivity contribution < 1.29 is 4.39 Å². The number of rotatable bonds is 8. The Morgan fingerprint density at radius 1 is 1.40 bits per heavy atom. The molecular weight excluding hydrogens is 343 g/mol. The molecule has 1 aliphatic carbocycles. The SMILES string of the molecule is Cc1c(CNCCN)sc2c1c(=O)n(C1CC1C)c(=O)n2CCCF. The summed E-state index contributed by atoms with van der Waals surface area (Å²) in [5.41, 5.74) is 5.91. The molecule has 1 saturated carbocycles. The van der Waals surface area contributed by atoms with Gasteiger partial charge in [-0.25, -0.2) is 4.79 Å². The third kappa shape index (κ3) is 3.30. The number of thiophene rings is 1. The summed E-state index contributed by atoms with van der Waals surface area (Å²) < 4.78 is 15.7. The zero-order valence-electron chi connectivity index (χ0n) is 14.7. The maximum absolute atomic E-state index is 13.0. The van der Waals surface area contributed by atoms with Gasteiger partial charge in [0.05, 0.1) is 12.1 Å². The molecule has 6 nitrogen and oxygen atoms in total. The first-order valence-corrected chi connectivity index (χ1v) is 9.57. The van der Waals surface area contributed by atoms with Crippen LogP contribution in [0.25, 0.3) is 10.2 Å². The molecule has 1 aliphatic rings. The summed E-state index contributed by atoms with van der Waals surface area (Å²) in [4.78, 5) is 27.6. The van der Waals surface area contributed by atoms with E-state index in [1.165, 1.54) is 15.9 Å². The highest BCUT2D eigenvalue weighted by Crippen LogP contribution is 2.41. The van der Waals surface area contributed by atoms with Crippen molar-refractivity contribution in [3.05, 3.63) is 31.3 Å². The topological polar surface area (TPSA) is 82.1 Å². The summed E-state index contributed by atoms with van der Waals surface area (Å²) in [7, 11) is 0. The second-order valence-electron chi connectivity index (χ2n) is 6.73. The van der Waals surface area contributed by atoms with E-state index in [0.29, 0.717) is 42.3 Å². The Kier molecular flexibility index (Phi) is 5.41. The van der Waals surface area contributed by atoms with Gasteiger partial charge in [-0.1, -0.05) is 6.92 Å². The average molecular weight is 368 g/mol. The molecule has 0 radical (unpaired) electrons. The fourth-order valence-electron chi connectivity index (χ4n) is 3.25. The van der Waals surface area contributed by atoms with Gasteiger partial charge >= 0.3 is 5.69 Å². The predicted molar refractivity (Wildman–Crippen MR) is 99.3 cm³/mol. The van der Waals surface area contributed by atoms with E-state index in [2.05, 4.69) is 5.32 Å². The van der Waals surface area contributed by atoms with E-state index in [4.69, 9.17) is 5.73 Å². The van der Waals surface area contributed by atoms with E-state index in [1.807, 2.05) is 13.8 Å². The number of halogens is 1. The van der Waals surface area contributed by atoms with Crippen molar-refractivity contribution in [2.45, 2.75) is 45.8 Å². The largest absolute Gasteiger partial charge is 0.332 e. The molecule has 0 amide bonds. The number of aromatic nitrogens is 2. The standard InChI is InChI=1S/C17H25FN4O2S/c1-10-8-12(10)22-15(23)14-11(2)13(9-20-6-5-19)25-16(14)21(17(22)24)7-3-4-18/h10,12,20H,3-9,19H2,1-2H3. The Balaban J connectivity index is 2.17. The minimum absolute atomic E-state index is 0.0286. The van der Waals surface area contributed by atoms with Gasteiger partial charge in [-0.3, -0.25) is 18.3 Å². The van der Waals surface area contributed by atoms with Gasteiger partial charge in [0.15, 0.2) is 0 Å². The van der Waals surface area contributed by atoms with Gasteiger partial charge in [-0.2, -0.15) is 0 Å². The third-order valence-corrected chi connectivity index (χ3v) is 6.18. The maximum atomic E-state index is 13.0. The van der Waals surface area contributed by atoms with Crippen molar-refractivity contribution in [2.24, 2.45) is 11.7 Å². The fourth-order valence-corrected chi connectivity index (χ4v) is 4.54. The molecule has 2 unspecified atom stereocenters. The smallest absolute Gasteiger partial charge is 0.329 e. The number of hydrogen-bond donors (Lipinski definition) is 2. The van der Waals surface area contributed by atoms with E-state index in [0.717, 1.165) is 16.9 Å². The number of nitrogens with two attached hydrogens (primary N) is 1. The molecule has 3 N–H and O–H groups in total. The maximum Gasteiger partial charge on any atom is 0.332 e. The van der Waals surface area contributed by atoms with E-state index < -0.39 is 6.67 Å². The van der Waals surface area contributed by atoms with Crippen molar-refractivity contribution in [3.63, 3.8) is 0 Å². The summed E-state index contributed by atoms with van der Waals surface area (Å²) in [6.45, 7) is 5.60. The van der Waals surface area contributed by atoms with E-state index in [9.17, 15) is 14.0 Å². The Hall–Kier alpha value is -1.51. The number of aryl methyl sites for hydroxylation is 2. The van der Waals surface area contributed by atoms with Gasteiger partial charge in [-0.15, -0.1) is 11.3 Å². The summed E-state index contributed by atoms with van der Waals surface area (Å²) in [6, 6.07) is -0.0286. The molecular formula is C17H25FN4O2S. The third-order valence-electron chi connectivity index (χ3n) is 4.86. The van der Waals surface area contributed by atoms with Crippen molar-refractivity contribution >= 4 is 21.6 Å². The van der Waals surface area contributed by atoms with Crippen molar-refractivity contribution in [1.29, 1.82) is 0 Å². The molecule has 2 atom stereocenters. The van der Waals surface area contributed by atoms with Crippen LogP contribution in [0.1, 0.15) is 36.2 Å². The van der Waals surface area contributed by atoms with Crippen LogP contribution in [0.4, 0.5) is 4.39 Å². The lowest BCUT2D eigenvalue weighted by Gasteiger charge is -2.11. The van der Waals surface area contributed by atoms with Crippen molar-refractivity contribution in [2.75, 3.05) is 19.8 Å². The average Bonchev–Trinajstić information content (AvgIpc) is 3.19. The summed E-state index contributed by atoms with van der Waals surface area (Å²) >= 11 is 1.45. The molecule has 0 spiro atoms. The van der Waals surface area contributed by atoms with Gasteiger partial charge in [-0.05, 0) is 31.2 Å². The minimum Gasteiger partial charge on any atom is -0.329 e. The lowest BCUT2D eigenvalue weighted by molar-refractivity contribution is 0.439. The van der Waals surface area contributed by atoms with Crippen LogP contribution >= 0.6 is 11.3 Å². The van der Waals surface area contributed by atoms with Crippen LogP contribution in [0.3, 0.4) is 0 Å². The number of nitrogens with one attached hydrogen (secondary N) is 1. The second-order valence-corrected chi connectivity index (χ2v) is 7.81. The predicted octanol–water partition coefficient (Wildman–Crippen LogP) is 1.52. The van der Waals surface area contributed by atoms with Gasteiger partial charge < -0.3 is 11.1 Å². The summed E-state index contributed by atoms with van der Waals surface area (Å²) in [6.07, 6.45) is 1.11. The number of alkyl halides is 1. The van der Waals surface area contributed by atoms with Gasteiger partial charge in [0.25, 0.3) is 5.56 Å². The lowest BCUT2D eigenvalue weighted by Crippen LogP contribution is -2.39. The molecule has 25 heavy (non-hydrogen) atoms. The zero-order valence-corrected chi connectivity index (χ0v) is 15.5. The van der Waals surface area contributed by atoms with Crippen molar-refractivity contribution in [1.82, 2.24) is 14.5 Å². The molecule has 1 fully saturated rings. The molecule has 2 heterocycles. The first-order valence-electron chi connectivity index (χ1n) is 8.75. The Morgan fingerprint density at radius 3 is 2.72 bits per heavy atom. The molecule has 2 aromatic rings. The summed E-state index contributed by atoms with van der Waals surface area (Å²) in [5.74, 6) is 0.335. The van der Waals surface area contributed by atoms with Crippen LogP contribution in [0.2, 0.25) is 0 Å². The van der Waals surface area contributed by atoms with Crippen LogP contribution in [-0.2, 0) is 13.1 Å². The van der Waals surface area contributed by atoms with Crippen LogP contribution in [-0.4, -0.2) is 28.9 Å². The first kappa shape index (κ1) is 18.3. The van der Waals surface area contributed by atoms with E-state index in [-0.39, 0.29) is 23.7 Å². The van der Waals surface area contributed by atoms with Gasteiger partial charge in [0.1, 0.15) is 4.83 Å². The highest BCUT2D eigenvalue weighted by atomic mass is 32.1. The highest BCUT2D eigenvalue weighted by molar-refractivity contribution is 7.18. The molecule has 3 rings (SSSR count). The molecule has 0 bridgehead atoms. The number of fused-ring (bicyclic) bond motifs is 1. The van der Waals surface area contributed by atoms with Gasteiger partial charge in [0, 0.05) is 37.1 Å². The summed E-state index contributed by atoms with van der Waals surface area (Å²) in [5, 5.41) is 3.84. The van der Waals surface area contributed by atoms with Crippen LogP contribution in [0.15, 0.2) is 9.59 Å². The molecule has 2 aromatic heterocycles. The Bertz CT molecular complexity index is 885. The fraction of sp³-hybridized carbons (Fsp3) is 0.647. The Labute approximate surface area is 149 Å². The molecule has 0 aromatic carbocycles. The first-order chi connectivity index (χ1) is 12.0. The molecule has 0 saturated heterocycles. The quantitative estimate of drug-likeness (QED) is 0.692. The minimum atomic E-state index is -0.484. The van der Waals surface area contributed by atoms with E-state index >= 15 is 0 Å². The van der Waals surface area contributed by atoms with Crippen molar-refractivity contribution in [3.8, 4) is 0 Å². The monoisotopic (exact) mass is 368 g/mol. The normalized spacial score (nSPS) is 19.7. The van der Waals surface area contributed by atoms with Crippen LogP contribution in [0.5, 0.6) is 0 Å². The molecule has 138 valence electrons. The van der Waals surface area contributed by atoms with E-state index in [1.54, 1.807) is 4.57 Å². The second kappa shape index (κ2) is 7.39. The zero-order chi connectivity index (χ0) is 18.1. The Morgan fingerprint density at radius 2 is 2.12 bits per heavy atom. The lowest BCUT2D eigenvalue weighted by atomic mass is 10.2. The van der Waals surface area contributed by atoms with Crippen LogP contribution < -0.4 is 22.3 Å².